The molecule has 0 amide bonds. The van der Waals surface area contributed by atoms with Gasteiger partial charge in [0.15, 0.2) is 6.29 Å². The van der Waals surface area contributed by atoms with Crippen LogP contribution in [0.5, 0.6) is 0 Å². The van der Waals surface area contributed by atoms with E-state index < -0.39 is 0 Å². The summed E-state index contributed by atoms with van der Waals surface area (Å²) in [5.74, 6) is 6.25. The first kappa shape index (κ1) is 15.8. The highest BCUT2D eigenvalue weighted by Gasteiger charge is 2.23. The first-order valence-electron chi connectivity index (χ1n) is 6.42. The fraction of sp³-hybridized carbons (Fsp3) is 1.00. The molecule has 0 aliphatic rings. The van der Waals surface area contributed by atoms with E-state index in [1.807, 2.05) is 13.8 Å². The van der Waals surface area contributed by atoms with Crippen LogP contribution in [0, 0.1) is 5.92 Å². The fourth-order valence-corrected chi connectivity index (χ4v) is 1.85. The standard InChI is InChI=1S/C12H28N2O2/c1-5-10(6-2)9-11(14-13)12(15-7-3)16-8-4/h10-12,14H,5-9,13H2,1-4H3. The molecule has 0 saturated heterocycles. The van der Waals surface area contributed by atoms with Crippen molar-refractivity contribution in [2.45, 2.75) is 59.3 Å². The zero-order chi connectivity index (χ0) is 12.4. The lowest BCUT2D eigenvalue weighted by Crippen LogP contribution is -2.47. The molecule has 3 N–H and O–H groups in total. The maximum Gasteiger partial charge on any atom is 0.173 e. The van der Waals surface area contributed by atoms with Crippen molar-refractivity contribution in [1.82, 2.24) is 5.43 Å². The second kappa shape index (κ2) is 10.0. The summed E-state index contributed by atoms with van der Waals surface area (Å²) in [5, 5.41) is 0. The smallest absolute Gasteiger partial charge is 0.173 e. The third-order valence-electron chi connectivity index (χ3n) is 2.95. The molecule has 98 valence electrons. The van der Waals surface area contributed by atoms with E-state index in [0.717, 1.165) is 6.42 Å². The molecular weight excluding hydrogens is 204 g/mol. The summed E-state index contributed by atoms with van der Waals surface area (Å²) >= 11 is 0. The molecule has 0 rings (SSSR count). The number of nitrogens with two attached hydrogens (primary N) is 1. The highest BCUT2D eigenvalue weighted by Crippen LogP contribution is 2.18. The predicted octanol–water partition coefficient (Wildman–Crippen LogP) is 2.04. The van der Waals surface area contributed by atoms with Crippen molar-refractivity contribution >= 4 is 0 Å². The van der Waals surface area contributed by atoms with Gasteiger partial charge >= 0.3 is 0 Å². The normalized spacial score (nSPS) is 13.7. The number of hydrazine groups is 1. The maximum absolute atomic E-state index is 5.58. The first-order valence-corrected chi connectivity index (χ1v) is 6.42. The van der Waals surface area contributed by atoms with Crippen molar-refractivity contribution in [3.8, 4) is 0 Å². The fourth-order valence-electron chi connectivity index (χ4n) is 1.85. The Kier molecular flexibility index (Phi) is 9.92. The topological polar surface area (TPSA) is 56.5 Å². The monoisotopic (exact) mass is 232 g/mol. The third kappa shape index (κ3) is 5.80. The first-order chi connectivity index (χ1) is 7.73. The Morgan fingerprint density at radius 2 is 1.50 bits per heavy atom. The van der Waals surface area contributed by atoms with Crippen molar-refractivity contribution in [3.05, 3.63) is 0 Å². The lowest BCUT2D eigenvalue weighted by Gasteiger charge is -2.28. The molecule has 1 unspecified atom stereocenters. The quantitative estimate of drug-likeness (QED) is 0.344. The Morgan fingerprint density at radius 1 is 1.00 bits per heavy atom. The molecule has 4 nitrogen and oxygen atoms in total. The molecule has 0 aromatic carbocycles. The van der Waals surface area contributed by atoms with Crippen LogP contribution in [0.3, 0.4) is 0 Å². The molecule has 0 heterocycles. The number of nitrogens with one attached hydrogen (secondary N) is 1. The number of hydrogen-bond donors (Lipinski definition) is 2. The van der Waals surface area contributed by atoms with E-state index in [1.165, 1.54) is 12.8 Å². The Bertz CT molecular complexity index is 146. The second-order valence-electron chi connectivity index (χ2n) is 3.97. The van der Waals surface area contributed by atoms with Gasteiger partial charge in [-0.2, -0.15) is 0 Å². The molecule has 0 saturated carbocycles. The van der Waals surface area contributed by atoms with Crippen LogP contribution in [0.15, 0.2) is 0 Å². The summed E-state index contributed by atoms with van der Waals surface area (Å²) < 4.78 is 11.1. The van der Waals surface area contributed by atoms with Crippen molar-refractivity contribution in [3.63, 3.8) is 0 Å². The lowest BCUT2D eigenvalue weighted by atomic mass is 9.95. The van der Waals surface area contributed by atoms with E-state index in [4.69, 9.17) is 15.3 Å². The minimum atomic E-state index is -0.236. The molecule has 0 aliphatic heterocycles. The van der Waals surface area contributed by atoms with Gasteiger partial charge in [-0.1, -0.05) is 26.7 Å². The predicted molar refractivity (Wildman–Crippen MR) is 66.8 cm³/mol. The molecule has 0 aromatic rings. The zero-order valence-electron chi connectivity index (χ0n) is 11.2. The van der Waals surface area contributed by atoms with E-state index in [1.54, 1.807) is 0 Å². The van der Waals surface area contributed by atoms with Crippen LogP contribution >= 0.6 is 0 Å². The number of hydrogen-bond acceptors (Lipinski definition) is 4. The van der Waals surface area contributed by atoms with Crippen LogP contribution in [0.4, 0.5) is 0 Å². The molecule has 0 spiro atoms. The summed E-state index contributed by atoms with van der Waals surface area (Å²) in [5.41, 5.74) is 2.82. The lowest BCUT2D eigenvalue weighted by molar-refractivity contribution is -0.156. The summed E-state index contributed by atoms with van der Waals surface area (Å²) in [6, 6.07) is 0.0739. The Balaban J connectivity index is 4.27. The van der Waals surface area contributed by atoms with E-state index in [0.29, 0.717) is 19.1 Å². The van der Waals surface area contributed by atoms with Gasteiger partial charge in [-0.3, -0.25) is 11.3 Å². The van der Waals surface area contributed by atoms with Gasteiger partial charge in [0.1, 0.15) is 0 Å². The molecule has 4 heteroatoms. The van der Waals surface area contributed by atoms with Crippen LogP contribution in [-0.2, 0) is 9.47 Å². The minimum absolute atomic E-state index is 0.0739. The zero-order valence-corrected chi connectivity index (χ0v) is 11.2. The van der Waals surface area contributed by atoms with Gasteiger partial charge in [0.2, 0.25) is 0 Å². The summed E-state index contributed by atoms with van der Waals surface area (Å²) in [4.78, 5) is 0. The maximum atomic E-state index is 5.58. The van der Waals surface area contributed by atoms with Crippen molar-refractivity contribution in [1.29, 1.82) is 0 Å². The van der Waals surface area contributed by atoms with Gasteiger partial charge in [-0.15, -0.1) is 0 Å². The van der Waals surface area contributed by atoms with E-state index in [9.17, 15) is 0 Å². The van der Waals surface area contributed by atoms with Crippen LogP contribution in [0.2, 0.25) is 0 Å². The van der Waals surface area contributed by atoms with Crippen molar-refractivity contribution in [2.24, 2.45) is 11.8 Å². The highest BCUT2D eigenvalue weighted by atomic mass is 16.7. The molecule has 1 atom stereocenters. The van der Waals surface area contributed by atoms with Gasteiger partial charge in [0.25, 0.3) is 0 Å². The average Bonchev–Trinajstić information content (AvgIpc) is 2.31. The van der Waals surface area contributed by atoms with Gasteiger partial charge in [0.05, 0.1) is 6.04 Å². The molecule has 0 aromatic heterocycles. The van der Waals surface area contributed by atoms with Crippen molar-refractivity contribution in [2.75, 3.05) is 13.2 Å². The molecule has 0 bridgehead atoms. The Labute approximate surface area is 99.8 Å². The van der Waals surface area contributed by atoms with Crippen molar-refractivity contribution < 1.29 is 9.47 Å². The van der Waals surface area contributed by atoms with Crippen LogP contribution < -0.4 is 11.3 Å². The summed E-state index contributed by atoms with van der Waals surface area (Å²) in [6.45, 7) is 9.64. The van der Waals surface area contributed by atoms with Crippen LogP contribution in [0.1, 0.15) is 47.0 Å². The van der Waals surface area contributed by atoms with Gasteiger partial charge < -0.3 is 9.47 Å². The van der Waals surface area contributed by atoms with Gasteiger partial charge in [0, 0.05) is 13.2 Å². The molecule has 0 radical (unpaired) electrons. The van der Waals surface area contributed by atoms with Gasteiger partial charge in [-0.05, 0) is 26.2 Å². The van der Waals surface area contributed by atoms with Crippen LogP contribution in [0.25, 0.3) is 0 Å². The molecule has 0 aliphatic carbocycles. The second-order valence-corrected chi connectivity index (χ2v) is 3.97. The van der Waals surface area contributed by atoms with E-state index >= 15 is 0 Å². The summed E-state index contributed by atoms with van der Waals surface area (Å²) in [7, 11) is 0. The highest BCUT2D eigenvalue weighted by molar-refractivity contribution is 4.72. The Morgan fingerprint density at radius 3 is 1.81 bits per heavy atom. The van der Waals surface area contributed by atoms with E-state index in [2.05, 4.69) is 19.3 Å². The molecule has 0 fully saturated rings. The van der Waals surface area contributed by atoms with Crippen LogP contribution in [-0.4, -0.2) is 25.5 Å². The summed E-state index contributed by atoms with van der Waals surface area (Å²) in [6.07, 6.45) is 3.09. The van der Waals surface area contributed by atoms with Gasteiger partial charge in [-0.25, -0.2) is 0 Å². The number of rotatable bonds is 10. The third-order valence-corrected chi connectivity index (χ3v) is 2.95. The molecule has 16 heavy (non-hydrogen) atoms. The number of ether oxygens (including phenoxy) is 2. The largest absolute Gasteiger partial charge is 0.351 e. The van der Waals surface area contributed by atoms with E-state index in [-0.39, 0.29) is 12.3 Å². The SMILES string of the molecule is CCOC(OCC)C(CC(CC)CC)NN. The minimum Gasteiger partial charge on any atom is -0.351 e. The Hall–Kier alpha value is -0.160. The average molecular weight is 232 g/mol. The molecular formula is C12H28N2O2.